The molecule has 0 bridgehead atoms. The maximum absolute atomic E-state index is 11.4. The highest BCUT2D eigenvalue weighted by atomic mass is 16.7. The molecule has 0 aliphatic carbocycles. The molecule has 0 saturated carbocycles. The summed E-state index contributed by atoms with van der Waals surface area (Å²) in [6.07, 6.45) is 0. The van der Waals surface area contributed by atoms with E-state index in [1.54, 1.807) is 18.2 Å². The molecule has 0 unspecified atom stereocenters. The van der Waals surface area contributed by atoms with Gasteiger partial charge in [0.25, 0.3) is 0 Å². The van der Waals surface area contributed by atoms with E-state index in [4.69, 9.17) is 15.2 Å². The van der Waals surface area contributed by atoms with Gasteiger partial charge in [0.05, 0.1) is 13.2 Å². The number of nitrogens with two attached hydrogens (primary N) is 1. The molecule has 1 heterocycles. The van der Waals surface area contributed by atoms with Crippen LogP contribution in [0.3, 0.4) is 0 Å². The van der Waals surface area contributed by atoms with Crippen molar-refractivity contribution in [2.75, 3.05) is 6.54 Å². The molecule has 0 radical (unpaired) electrons. The number of hydrogen-bond acceptors (Lipinski definition) is 4. The fourth-order valence-corrected chi connectivity index (χ4v) is 1.63. The monoisotopic (exact) mass is 221 g/mol. The molecule has 0 amide bonds. The van der Waals surface area contributed by atoms with Gasteiger partial charge in [-0.2, -0.15) is 0 Å². The van der Waals surface area contributed by atoms with Crippen LogP contribution in [0.4, 0.5) is 0 Å². The van der Waals surface area contributed by atoms with E-state index < -0.39 is 5.79 Å². The standard InChI is InChI=1S/C12H15NO3/c1-12(2)15-7-9-5-8(10(14)6-13)3-4-11(9)16-12/h3-5H,6-7,13H2,1-2H3. The van der Waals surface area contributed by atoms with Crippen molar-refractivity contribution < 1.29 is 14.3 Å². The first kappa shape index (κ1) is 11.1. The van der Waals surface area contributed by atoms with Gasteiger partial charge in [-0.25, -0.2) is 0 Å². The summed E-state index contributed by atoms with van der Waals surface area (Å²) in [5, 5.41) is 0. The second-order valence-electron chi connectivity index (χ2n) is 4.24. The molecule has 2 rings (SSSR count). The van der Waals surface area contributed by atoms with Crippen molar-refractivity contribution in [3.8, 4) is 5.75 Å². The normalized spacial score (nSPS) is 17.4. The second kappa shape index (κ2) is 3.88. The molecular weight excluding hydrogens is 206 g/mol. The van der Waals surface area contributed by atoms with Crippen LogP contribution in [-0.2, 0) is 11.3 Å². The van der Waals surface area contributed by atoms with Crippen LogP contribution in [0.5, 0.6) is 5.75 Å². The average Bonchev–Trinajstić information content (AvgIpc) is 2.26. The van der Waals surface area contributed by atoms with Crippen LogP contribution in [0, 0.1) is 0 Å². The SMILES string of the molecule is CC1(C)OCc2cc(C(=O)CN)ccc2O1. The largest absolute Gasteiger partial charge is 0.463 e. The molecule has 2 N–H and O–H groups in total. The van der Waals surface area contributed by atoms with E-state index in [0.717, 1.165) is 11.3 Å². The fourth-order valence-electron chi connectivity index (χ4n) is 1.63. The van der Waals surface area contributed by atoms with Crippen LogP contribution in [0.15, 0.2) is 18.2 Å². The number of ketones is 1. The Labute approximate surface area is 94.3 Å². The van der Waals surface area contributed by atoms with Crippen molar-refractivity contribution in [1.82, 2.24) is 0 Å². The van der Waals surface area contributed by atoms with Gasteiger partial charge in [-0.05, 0) is 18.2 Å². The van der Waals surface area contributed by atoms with E-state index in [1.165, 1.54) is 0 Å². The molecule has 1 aliphatic rings. The van der Waals surface area contributed by atoms with Crippen LogP contribution < -0.4 is 10.5 Å². The molecule has 0 saturated heterocycles. The molecule has 1 aliphatic heterocycles. The van der Waals surface area contributed by atoms with Gasteiger partial charge in [0.1, 0.15) is 5.75 Å². The van der Waals surface area contributed by atoms with Crippen LogP contribution >= 0.6 is 0 Å². The van der Waals surface area contributed by atoms with Crippen molar-refractivity contribution >= 4 is 5.78 Å². The summed E-state index contributed by atoms with van der Waals surface area (Å²) in [6.45, 7) is 4.18. The summed E-state index contributed by atoms with van der Waals surface area (Å²) in [6, 6.07) is 5.30. The third-order valence-electron chi connectivity index (χ3n) is 2.50. The molecular formula is C12H15NO3. The number of rotatable bonds is 2. The molecule has 1 aromatic carbocycles. The number of ether oxygens (including phenoxy) is 2. The predicted molar refractivity (Wildman–Crippen MR) is 59.3 cm³/mol. The number of fused-ring (bicyclic) bond motifs is 1. The number of Topliss-reactive ketones (excluding diaryl/α,β-unsaturated/α-hetero) is 1. The molecule has 86 valence electrons. The van der Waals surface area contributed by atoms with E-state index >= 15 is 0 Å². The maximum atomic E-state index is 11.4. The van der Waals surface area contributed by atoms with E-state index in [1.807, 2.05) is 13.8 Å². The van der Waals surface area contributed by atoms with Crippen molar-refractivity contribution in [3.05, 3.63) is 29.3 Å². The zero-order valence-electron chi connectivity index (χ0n) is 9.45. The van der Waals surface area contributed by atoms with E-state index in [0.29, 0.717) is 12.2 Å². The minimum absolute atomic E-state index is 0.0198. The molecule has 0 spiro atoms. The van der Waals surface area contributed by atoms with Gasteiger partial charge in [0.15, 0.2) is 5.78 Å². The Bertz CT molecular complexity index is 426. The van der Waals surface area contributed by atoms with Crippen molar-refractivity contribution in [1.29, 1.82) is 0 Å². The van der Waals surface area contributed by atoms with Gasteiger partial charge in [-0.1, -0.05) is 0 Å². The van der Waals surface area contributed by atoms with Crippen molar-refractivity contribution in [2.24, 2.45) is 5.73 Å². The summed E-state index contributed by atoms with van der Waals surface area (Å²) in [4.78, 5) is 11.4. The lowest BCUT2D eigenvalue weighted by molar-refractivity contribution is -0.180. The van der Waals surface area contributed by atoms with Gasteiger partial charge in [0.2, 0.25) is 5.79 Å². The fraction of sp³-hybridized carbons (Fsp3) is 0.417. The van der Waals surface area contributed by atoms with Crippen molar-refractivity contribution in [2.45, 2.75) is 26.2 Å². The van der Waals surface area contributed by atoms with Crippen molar-refractivity contribution in [3.63, 3.8) is 0 Å². The summed E-state index contributed by atoms with van der Waals surface area (Å²) in [7, 11) is 0. The molecule has 0 fully saturated rings. The minimum Gasteiger partial charge on any atom is -0.463 e. The molecule has 16 heavy (non-hydrogen) atoms. The van der Waals surface area contributed by atoms with Gasteiger partial charge in [-0.3, -0.25) is 4.79 Å². The second-order valence-corrected chi connectivity index (χ2v) is 4.24. The summed E-state index contributed by atoms with van der Waals surface area (Å²) in [5.41, 5.74) is 6.80. The Morgan fingerprint density at radius 1 is 1.50 bits per heavy atom. The molecule has 0 atom stereocenters. The zero-order valence-corrected chi connectivity index (χ0v) is 9.45. The lowest BCUT2D eigenvalue weighted by Gasteiger charge is -2.32. The number of hydrogen-bond donors (Lipinski definition) is 1. The Kier molecular flexibility index (Phi) is 2.69. The minimum atomic E-state index is -0.605. The number of carbonyl (C=O) groups is 1. The van der Waals surface area contributed by atoms with Gasteiger partial charge in [-0.15, -0.1) is 0 Å². The van der Waals surface area contributed by atoms with Crippen LogP contribution in [-0.4, -0.2) is 18.1 Å². The zero-order chi connectivity index (χ0) is 11.8. The van der Waals surface area contributed by atoms with Crippen LogP contribution in [0.2, 0.25) is 0 Å². The smallest absolute Gasteiger partial charge is 0.205 e. The maximum Gasteiger partial charge on any atom is 0.205 e. The Morgan fingerprint density at radius 2 is 2.25 bits per heavy atom. The predicted octanol–water partition coefficient (Wildman–Crippen LogP) is 1.47. The molecule has 4 nitrogen and oxygen atoms in total. The molecule has 0 aromatic heterocycles. The lowest BCUT2D eigenvalue weighted by Crippen LogP contribution is -2.35. The number of carbonyl (C=O) groups excluding carboxylic acids is 1. The van der Waals surface area contributed by atoms with E-state index in [9.17, 15) is 4.79 Å². The highest BCUT2D eigenvalue weighted by molar-refractivity contribution is 5.97. The quantitative estimate of drug-likeness (QED) is 0.768. The first-order valence-electron chi connectivity index (χ1n) is 5.21. The van der Waals surface area contributed by atoms with E-state index in [-0.39, 0.29) is 12.3 Å². The Balaban J connectivity index is 2.32. The summed E-state index contributed by atoms with van der Waals surface area (Å²) in [5.74, 6) is 0.0873. The Hall–Kier alpha value is -1.39. The molecule has 4 heteroatoms. The highest BCUT2D eigenvalue weighted by Gasteiger charge is 2.27. The summed E-state index contributed by atoms with van der Waals surface area (Å²) >= 11 is 0. The topological polar surface area (TPSA) is 61.5 Å². The third-order valence-corrected chi connectivity index (χ3v) is 2.50. The third kappa shape index (κ3) is 2.08. The van der Waals surface area contributed by atoms with Gasteiger partial charge >= 0.3 is 0 Å². The Morgan fingerprint density at radius 3 is 2.94 bits per heavy atom. The first-order chi connectivity index (χ1) is 7.52. The van der Waals surface area contributed by atoms with Gasteiger partial charge < -0.3 is 15.2 Å². The highest BCUT2D eigenvalue weighted by Crippen LogP contribution is 2.31. The lowest BCUT2D eigenvalue weighted by atomic mass is 10.1. The van der Waals surface area contributed by atoms with E-state index in [2.05, 4.69) is 0 Å². The van der Waals surface area contributed by atoms with Crippen LogP contribution in [0.1, 0.15) is 29.8 Å². The number of benzene rings is 1. The van der Waals surface area contributed by atoms with Gasteiger partial charge in [0, 0.05) is 25.0 Å². The average molecular weight is 221 g/mol. The molecule has 1 aromatic rings. The van der Waals surface area contributed by atoms with Crippen LogP contribution in [0.25, 0.3) is 0 Å². The summed E-state index contributed by atoms with van der Waals surface area (Å²) < 4.78 is 11.1. The first-order valence-corrected chi connectivity index (χ1v) is 5.21.